The predicted octanol–water partition coefficient (Wildman–Crippen LogP) is 3.53. The van der Waals surface area contributed by atoms with Crippen LogP contribution in [0.3, 0.4) is 0 Å². The van der Waals surface area contributed by atoms with Crippen LogP contribution < -0.4 is 4.72 Å². The molecule has 1 aliphatic heterocycles. The van der Waals surface area contributed by atoms with Gasteiger partial charge in [-0.05, 0) is 30.2 Å². The summed E-state index contributed by atoms with van der Waals surface area (Å²) in [5.74, 6) is 0.439. The second-order valence-electron chi connectivity index (χ2n) is 6.61. The zero-order valence-electron chi connectivity index (χ0n) is 14.5. The van der Waals surface area contributed by atoms with Crippen molar-refractivity contribution in [2.24, 2.45) is 5.92 Å². The Bertz CT molecular complexity index is 908. The van der Waals surface area contributed by atoms with Crippen LogP contribution in [0.2, 0.25) is 5.02 Å². The van der Waals surface area contributed by atoms with Crippen molar-refractivity contribution in [3.05, 3.63) is 39.9 Å². The van der Waals surface area contributed by atoms with Crippen LogP contribution in [0.15, 0.2) is 29.2 Å². The Kier molecular flexibility index (Phi) is 5.55. The highest BCUT2D eigenvalue weighted by molar-refractivity contribution is 7.93. The number of halogens is 1. The molecule has 0 saturated heterocycles. The molecule has 26 heavy (non-hydrogen) atoms. The summed E-state index contributed by atoms with van der Waals surface area (Å²) in [6, 6.07) is 5.96. The molecule has 9 heteroatoms. The van der Waals surface area contributed by atoms with E-state index in [1.165, 1.54) is 35.6 Å². The van der Waals surface area contributed by atoms with Gasteiger partial charge in [-0.3, -0.25) is 9.52 Å². The monoisotopic (exact) mass is 413 g/mol. The number of carbonyl (C=O) groups is 1. The second kappa shape index (κ2) is 7.54. The second-order valence-corrected chi connectivity index (χ2v) is 9.81. The van der Waals surface area contributed by atoms with Crippen molar-refractivity contribution in [1.29, 1.82) is 0 Å². The molecule has 1 aromatic heterocycles. The fraction of sp³-hybridized carbons (Fsp3) is 0.412. The summed E-state index contributed by atoms with van der Waals surface area (Å²) in [5, 5.41) is 0.794. The van der Waals surface area contributed by atoms with Crippen LogP contribution in [-0.4, -0.2) is 30.8 Å². The number of hydrogen-bond acceptors (Lipinski definition) is 5. The topological polar surface area (TPSA) is 79.4 Å². The van der Waals surface area contributed by atoms with Crippen molar-refractivity contribution in [1.82, 2.24) is 9.88 Å². The third-order valence-electron chi connectivity index (χ3n) is 4.01. The average Bonchev–Trinajstić information content (AvgIpc) is 2.95. The summed E-state index contributed by atoms with van der Waals surface area (Å²) < 4.78 is 27.5. The van der Waals surface area contributed by atoms with Gasteiger partial charge in [-0.25, -0.2) is 13.4 Å². The van der Waals surface area contributed by atoms with E-state index in [2.05, 4.69) is 9.71 Å². The van der Waals surface area contributed by atoms with Gasteiger partial charge in [-0.1, -0.05) is 36.8 Å². The maximum absolute atomic E-state index is 12.5. The number of aromatic nitrogens is 1. The van der Waals surface area contributed by atoms with E-state index in [-0.39, 0.29) is 10.8 Å². The molecule has 1 aliphatic rings. The molecule has 0 bridgehead atoms. The third-order valence-corrected chi connectivity index (χ3v) is 6.75. The first-order valence-corrected chi connectivity index (χ1v) is 11.0. The van der Waals surface area contributed by atoms with Gasteiger partial charge in [-0.15, -0.1) is 0 Å². The Morgan fingerprint density at radius 3 is 2.69 bits per heavy atom. The summed E-state index contributed by atoms with van der Waals surface area (Å²) in [5.41, 5.74) is 0.859. The van der Waals surface area contributed by atoms with E-state index in [1.807, 2.05) is 18.7 Å². The Morgan fingerprint density at radius 2 is 2.04 bits per heavy atom. The lowest BCUT2D eigenvalue weighted by Gasteiger charge is -2.26. The lowest BCUT2D eigenvalue weighted by molar-refractivity contribution is -0.132. The molecule has 0 unspecified atom stereocenters. The normalized spacial score (nSPS) is 14.4. The highest BCUT2D eigenvalue weighted by Crippen LogP contribution is 2.30. The van der Waals surface area contributed by atoms with E-state index in [1.54, 1.807) is 0 Å². The maximum Gasteiger partial charge on any atom is 0.263 e. The maximum atomic E-state index is 12.5. The smallest absolute Gasteiger partial charge is 0.263 e. The van der Waals surface area contributed by atoms with Crippen molar-refractivity contribution >= 4 is 44.0 Å². The molecule has 0 saturated carbocycles. The van der Waals surface area contributed by atoms with Crippen molar-refractivity contribution in [3.8, 4) is 0 Å². The van der Waals surface area contributed by atoms with Gasteiger partial charge in [0.15, 0.2) is 5.13 Å². The molecule has 0 fully saturated rings. The molecule has 0 spiro atoms. The first-order valence-electron chi connectivity index (χ1n) is 8.29. The first kappa shape index (κ1) is 19.1. The highest BCUT2D eigenvalue weighted by atomic mass is 35.5. The van der Waals surface area contributed by atoms with Crippen LogP contribution in [0.4, 0.5) is 5.13 Å². The number of amides is 1. The van der Waals surface area contributed by atoms with Gasteiger partial charge in [0.25, 0.3) is 10.0 Å². The van der Waals surface area contributed by atoms with Crippen molar-refractivity contribution in [2.75, 3.05) is 11.3 Å². The van der Waals surface area contributed by atoms with E-state index in [0.29, 0.717) is 42.0 Å². The lowest BCUT2D eigenvalue weighted by atomic mass is 10.1. The Hall–Kier alpha value is -1.64. The largest absolute Gasteiger partial charge is 0.337 e. The van der Waals surface area contributed by atoms with Gasteiger partial charge >= 0.3 is 0 Å². The Balaban J connectivity index is 1.74. The summed E-state index contributed by atoms with van der Waals surface area (Å²) in [4.78, 5) is 19.5. The van der Waals surface area contributed by atoms with Gasteiger partial charge in [0.05, 0.1) is 17.1 Å². The molecule has 1 aromatic carbocycles. The highest BCUT2D eigenvalue weighted by Gasteiger charge is 2.25. The van der Waals surface area contributed by atoms with Crippen LogP contribution in [0.1, 0.15) is 30.8 Å². The zero-order chi connectivity index (χ0) is 18.9. The standard InChI is InChI=1S/C17H20ClN3O3S2/c1-11(2)9-16(22)21-8-7-14-15(10-21)25-17(19-14)20-26(23,24)13-5-3-12(18)4-6-13/h3-6,11H,7-10H2,1-2H3,(H,19,20). The fourth-order valence-electron chi connectivity index (χ4n) is 2.72. The first-order chi connectivity index (χ1) is 12.2. The number of thiazole rings is 1. The predicted molar refractivity (Wildman–Crippen MR) is 103 cm³/mol. The van der Waals surface area contributed by atoms with E-state index in [9.17, 15) is 13.2 Å². The molecular weight excluding hydrogens is 394 g/mol. The summed E-state index contributed by atoms with van der Waals surface area (Å²) in [6.45, 7) is 5.14. The van der Waals surface area contributed by atoms with Crippen LogP contribution in [0.5, 0.6) is 0 Å². The van der Waals surface area contributed by atoms with Gasteiger partial charge < -0.3 is 4.90 Å². The molecular formula is C17H20ClN3O3S2. The average molecular weight is 414 g/mol. The molecule has 2 heterocycles. The molecule has 1 N–H and O–H groups in total. The van der Waals surface area contributed by atoms with Crippen LogP contribution >= 0.6 is 22.9 Å². The molecule has 3 rings (SSSR count). The summed E-state index contributed by atoms with van der Waals surface area (Å²) in [6.07, 6.45) is 1.16. The SMILES string of the molecule is CC(C)CC(=O)N1CCc2nc(NS(=O)(=O)c3ccc(Cl)cc3)sc2C1. The van der Waals surface area contributed by atoms with E-state index in [4.69, 9.17) is 11.6 Å². The van der Waals surface area contributed by atoms with Crippen LogP contribution in [0.25, 0.3) is 0 Å². The van der Waals surface area contributed by atoms with Crippen molar-refractivity contribution in [2.45, 2.75) is 38.1 Å². The minimum atomic E-state index is -3.72. The fourth-order valence-corrected chi connectivity index (χ4v) is 5.10. The van der Waals surface area contributed by atoms with E-state index >= 15 is 0 Å². The Morgan fingerprint density at radius 1 is 1.35 bits per heavy atom. The van der Waals surface area contributed by atoms with Crippen LogP contribution in [0, 0.1) is 5.92 Å². The number of anilines is 1. The molecule has 140 valence electrons. The number of nitrogens with one attached hydrogen (secondary N) is 1. The number of sulfonamides is 1. The van der Waals surface area contributed by atoms with E-state index in [0.717, 1.165) is 10.6 Å². The molecule has 0 aliphatic carbocycles. The number of carbonyl (C=O) groups excluding carboxylic acids is 1. The van der Waals surface area contributed by atoms with E-state index < -0.39 is 10.0 Å². The molecule has 0 radical (unpaired) electrons. The van der Waals surface area contributed by atoms with Crippen molar-refractivity contribution in [3.63, 3.8) is 0 Å². The number of benzene rings is 1. The molecule has 1 amide bonds. The summed E-state index contributed by atoms with van der Waals surface area (Å²) >= 11 is 7.08. The van der Waals surface area contributed by atoms with Gasteiger partial charge in [-0.2, -0.15) is 0 Å². The van der Waals surface area contributed by atoms with Gasteiger partial charge in [0.1, 0.15) is 0 Å². The number of nitrogens with zero attached hydrogens (tertiary/aromatic N) is 2. The molecule has 0 atom stereocenters. The van der Waals surface area contributed by atoms with Crippen molar-refractivity contribution < 1.29 is 13.2 Å². The number of hydrogen-bond donors (Lipinski definition) is 1. The lowest BCUT2D eigenvalue weighted by Crippen LogP contribution is -2.36. The quantitative estimate of drug-likeness (QED) is 0.813. The molecule has 2 aromatic rings. The summed E-state index contributed by atoms with van der Waals surface area (Å²) in [7, 11) is -3.72. The van der Waals surface area contributed by atoms with Crippen LogP contribution in [-0.2, 0) is 27.8 Å². The Labute approximate surface area is 162 Å². The third kappa shape index (κ3) is 4.36. The minimum Gasteiger partial charge on any atom is -0.337 e. The zero-order valence-corrected chi connectivity index (χ0v) is 16.9. The minimum absolute atomic E-state index is 0.127. The number of rotatable bonds is 5. The molecule has 6 nitrogen and oxygen atoms in total. The van der Waals surface area contributed by atoms with Gasteiger partial charge in [0.2, 0.25) is 5.91 Å². The van der Waals surface area contributed by atoms with Gasteiger partial charge in [0, 0.05) is 29.3 Å². The number of fused-ring (bicyclic) bond motifs is 1.